The fourth-order valence-electron chi connectivity index (χ4n) is 5.71. The lowest BCUT2D eigenvalue weighted by molar-refractivity contribution is 0.649. The van der Waals surface area contributed by atoms with Gasteiger partial charge in [0.1, 0.15) is 0 Å². The average Bonchev–Trinajstić information content (AvgIpc) is 2.89. The number of aromatic nitrogens is 3. The first-order valence-corrected chi connectivity index (χ1v) is 20.2. The van der Waals surface area contributed by atoms with E-state index in [1.165, 1.54) is 11.3 Å². The van der Waals surface area contributed by atoms with E-state index < -0.39 is 24.2 Å². The Labute approximate surface area is 163 Å². The minimum Gasteiger partial charge on any atom is -0.248 e. The number of hydrogen-bond acceptors (Lipinski definition) is 2. The van der Waals surface area contributed by atoms with Gasteiger partial charge in [0, 0.05) is 30.4 Å². The lowest BCUT2D eigenvalue weighted by atomic mass is 10.2. The lowest BCUT2D eigenvalue weighted by Gasteiger charge is -2.59. The van der Waals surface area contributed by atoms with Crippen molar-refractivity contribution in [1.82, 2.24) is 15.0 Å². The van der Waals surface area contributed by atoms with E-state index in [2.05, 4.69) is 106 Å². The van der Waals surface area contributed by atoms with Crippen molar-refractivity contribution < 1.29 is 0 Å². The van der Waals surface area contributed by atoms with E-state index in [-0.39, 0.29) is 0 Å². The van der Waals surface area contributed by atoms with Gasteiger partial charge in [0.25, 0.3) is 0 Å². The molecule has 2 rings (SSSR count). The quantitative estimate of drug-likeness (QED) is 0.555. The topological polar surface area (TPSA) is 30.7 Å². The Hall–Kier alpha value is -0.989. The van der Waals surface area contributed by atoms with Gasteiger partial charge < -0.3 is 0 Å². The number of benzene rings is 1. The zero-order valence-corrected chi connectivity index (χ0v) is 21.2. The minimum atomic E-state index is -1.41. The van der Waals surface area contributed by atoms with E-state index in [1.807, 2.05) is 4.68 Å². The standard InChI is InChI=1S/C20H37N3Si3/c1-24(2,3)20(25(4,5)6,26(7,8)9)15-19-17-23(22-21-19)16-18-13-11-10-12-14-18/h10-14,17H,15-16H2,1-9H3. The molecule has 2 aromatic rings. The van der Waals surface area contributed by atoms with Crippen LogP contribution in [0.4, 0.5) is 0 Å². The zero-order valence-electron chi connectivity index (χ0n) is 18.2. The van der Waals surface area contributed by atoms with Crippen LogP contribution in [0.3, 0.4) is 0 Å². The van der Waals surface area contributed by atoms with Crippen LogP contribution < -0.4 is 0 Å². The number of hydrogen-bond donors (Lipinski definition) is 0. The van der Waals surface area contributed by atoms with Crippen LogP contribution in [0.2, 0.25) is 63.2 Å². The zero-order chi connectivity index (χ0) is 19.8. The first kappa shape index (κ1) is 21.3. The van der Waals surface area contributed by atoms with Crippen molar-refractivity contribution in [3.05, 3.63) is 47.8 Å². The normalized spacial score (nSPS) is 13.9. The predicted octanol–water partition coefficient (Wildman–Crippen LogP) is 5.70. The Morgan fingerprint density at radius 1 is 0.808 bits per heavy atom. The van der Waals surface area contributed by atoms with Gasteiger partial charge in [-0.05, 0) is 16.3 Å². The molecule has 0 bridgehead atoms. The molecule has 6 heteroatoms. The van der Waals surface area contributed by atoms with Crippen LogP contribution in [-0.4, -0.2) is 39.2 Å². The summed E-state index contributed by atoms with van der Waals surface area (Å²) in [5, 5.41) is 9.07. The molecule has 26 heavy (non-hydrogen) atoms. The van der Waals surface area contributed by atoms with Crippen molar-refractivity contribution in [2.75, 3.05) is 0 Å². The van der Waals surface area contributed by atoms with Gasteiger partial charge in [-0.15, -0.1) is 5.10 Å². The van der Waals surface area contributed by atoms with Gasteiger partial charge in [0.15, 0.2) is 0 Å². The van der Waals surface area contributed by atoms with Crippen LogP contribution >= 0.6 is 0 Å². The summed E-state index contributed by atoms with van der Waals surface area (Å²) in [7, 11) is -4.23. The smallest absolute Gasteiger partial charge is 0.0824 e. The maximum atomic E-state index is 4.62. The third-order valence-electron chi connectivity index (χ3n) is 6.06. The SMILES string of the molecule is C[Si](C)(C)C(Cc1cn(Cc2ccccc2)nn1)([Si](C)(C)C)[Si](C)(C)C. The molecule has 1 aromatic heterocycles. The Bertz CT molecular complexity index is 683. The van der Waals surface area contributed by atoms with Crippen molar-refractivity contribution in [3.8, 4) is 0 Å². The molecule has 0 unspecified atom stereocenters. The second-order valence-corrected chi connectivity index (χ2v) is 28.3. The summed E-state index contributed by atoms with van der Waals surface area (Å²) in [4.78, 5) is 0. The summed E-state index contributed by atoms with van der Waals surface area (Å²) in [6, 6.07) is 10.5. The molecule has 144 valence electrons. The Morgan fingerprint density at radius 3 is 1.77 bits per heavy atom. The summed E-state index contributed by atoms with van der Waals surface area (Å²) in [6.45, 7) is 24.0. The third-order valence-corrected chi connectivity index (χ3v) is 27.8. The van der Waals surface area contributed by atoms with Gasteiger partial charge in [-0.2, -0.15) is 0 Å². The van der Waals surface area contributed by atoms with Crippen LogP contribution in [0.1, 0.15) is 11.3 Å². The highest BCUT2D eigenvalue weighted by molar-refractivity contribution is 7.15. The van der Waals surface area contributed by atoms with E-state index in [0.717, 1.165) is 13.0 Å². The van der Waals surface area contributed by atoms with Crippen LogP contribution in [-0.2, 0) is 13.0 Å². The van der Waals surface area contributed by atoms with E-state index >= 15 is 0 Å². The summed E-state index contributed by atoms with van der Waals surface area (Å²) < 4.78 is 2.49. The van der Waals surface area contributed by atoms with Crippen LogP contribution in [0.5, 0.6) is 0 Å². The van der Waals surface area contributed by atoms with Crippen molar-refractivity contribution in [2.45, 2.75) is 76.2 Å². The Morgan fingerprint density at radius 2 is 1.31 bits per heavy atom. The largest absolute Gasteiger partial charge is 0.248 e. The van der Waals surface area contributed by atoms with Gasteiger partial charge >= 0.3 is 0 Å². The summed E-state index contributed by atoms with van der Waals surface area (Å²) >= 11 is 0. The van der Waals surface area contributed by atoms with Gasteiger partial charge in [-0.3, -0.25) is 0 Å². The first-order valence-electron chi connectivity index (χ1n) is 9.71. The monoisotopic (exact) mass is 403 g/mol. The van der Waals surface area contributed by atoms with E-state index in [0.29, 0.717) is 4.28 Å². The molecule has 0 saturated carbocycles. The lowest BCUT2D eigenvalue weighted by Crippen LogP contribution is -2.66. The van der Waals surface area contributed by atoms with E-state index in [4.69, 9.17) is 0 Å². The maximum absolute atomic E-state index is 4.62. The van der Waals surface area contributed by atoms with Gasteiger partial charge in [-0.1, -0.05) is 94.5 Å². The Kier molecular flexibility index (Phi) is 5.90. The average molecular weight is 404 g/mol. The summed E-state index contributed by atoms with van der Waals surface area (Å²) in [5.41, 5.74) is 2.46. The van der Waals surface area contributed by atoms with Crippen molar-refractivity contribution in [1.29, 1.82) is 0 Å². The van der Waals surface area contributed by atoms with Gasteiger partial charge in [0.05, 0.1) is 12.2 Å². The molecule has 3 nitrogen and oxygen atoms in total. The molecule has 0 amide bonds. The van der Waals surface area contributed by atoms with Crippen molar-refractivity contribution in [3.63, 3.8) is 0 Å². The summed E-state index contributed by atoms with van der Waals surface area (Å²) in [6.07, 6.45) is 3.31. The molecular formula is C20H37N3Si3. The molecule has 1 aromatic carbocycles. The van der Waals surface area contributed by atoms with Crippen LogP contribution in [0.15, 0.2) is 36.5 Å². The fraction of sp³-hybridized carbons (Fsp3) is 0.600. The molecule has 0 aliphatic heterocycles. The number of nitrogens with zero attached hydrogens (tertiary/aromatic N) is 3. The highest BCUT2D eigenvalue weighted by Gasteiger charge is 2.59. The van der Waals surface area contributed by atoms with Crippen LogP contribution in [0, 0.1) is 0 Å². The highest BCUT2D eigenvalue weighted by atomic mass is 28.5. The third kappa shape index (κ3) is 4.12. The molecule has 0 radical (unpaired) electrons. The van der Waals surface area contributed by atoms with E-state index in [9.17, 15) is 0 Å². The summed E-state index contributed by atoms with van der Waals surface area (Å²) in [5.74, 6) is 0. The van der Waals surface area contributed by atoms with Gasteiger partial charge in [-0.25, -0.2) is 4.68 Å². The number of rotatable bonds is 7. The molecule has 0 aliphatic carbocycles. The highest BCUT2D eigenvalue weighted by Crippen LogP contribution is 2.55. The second kappa shape index (κ2) is 7.20. The maximum Gasteiger partial charge on any atom is 0.0824 e. The fourth-order valence-corrected chi connectivity index (χ4v) is 34.8. The molecule has 0 aliphatic rings. The van der Waals surface area contributed by atoms with Crippen molar-refractivity contribution >= 4 is 24.2 Å². The predicted molar refractivity (Wildman–Crippen MR) is 122 cm³/mol. The van der Waals surface area contributed by atoms with Crippen LogP contribution in [0.25, 0.3) is 0 Å². The molecule has 0 atom stereocenters. The van der Waals surface area contributed by atoms with Crippen molar-refractivity contribution in [2.24, 2.45) is 0 Å². The molecule has 0 N–H and O–H groups in total. The minimum absolute atomic E-state index is 0.487. The second-order valence-electron chi connectivity index (χ2n) is 10.7. The Balaban J connectivity index is 2.38. The molecule has 0 spiro atoms. The molecule has 0 fully saturated rings. The molecular weight excluding hydrogens is 366 g/mol. The van der Waals surface area contributed by atoms with E-state index in [1.54, 1.807) is 0 Å². The molecule has 0 saturated heterocycles. The molecule has 1 heterocycles. The van der Waals surface area contributed by atoms with Gasteiger partial charge in [0.2, 0.25) is 0 Å². The first-order chi connectivity index (χ1) is 11.8.